The molecule has 0 saturated heterocycles. The summed E-state index contributed by atoms with van der Waals surface area (Å²) in [6.45, 7) is 0. The highest BCUT2D eigenvalue weighted by Gasteiger charge is 2.06. The van der Waals surface area contributed by atoms with E-state index in [0.717, 1.165) is 0 Å². The summed E-state index contributed by atoms with van der Waals surface area (Å²) in [4.78, 5) is 10.3. The molecule has 0 spiro atoms. The Balaban J connectivity index is 2.87. The lowest BCUT2D eigenvalue weighted by Crippen LogP contribution is -2.17. The molecule has 12 heavy (non-hydrogen) atoms. The largest absolute Gasteiger partial charge is 0.508 e. The number of carbonyl (C=O) groups is 1. The van der Waals surface area contributed by atoms with Crippen LogP contribution in [0.4, 0.5) is 0 Å². The molecule has 1 rings (SSSR count). The van der Waals surface area contributed by atoms with Gasteiger partial charge in [0.1, 0.15) is 18.1 Å². The van der Waals surface area contributed by atoms with Crippen LogP contribution in [0.3, 0.4) is 0 Å². The Morgan fingerprint density at radius 3 is 2.33 bits per heavy atom. The summed E-state index contributed by atoms with van der Waals surface area (Å²) in [5.41, 5.74) is 2.44. The monoisotopic (exact) mass is 167 g/mol. The normalized spacial score (nSPS) is 12.4. The molecule has 0 amide bonds. The summed E-state index contributed by atoms with van der Waals surface area (Å²) in [5, 5.41) is 17.4. The fourth-order valence-electron chi connectivity index (χ4n) is 0.865. The van der Waals surface area contributed by atoms with Crippen LogP contribution in [0, 0.1) is 0 Å². The van der Waals surface area contributed by atoms with E-state index in [2.05, 4.69) is 0 Å². The lowest BCUT2D eigenvalue weighted by atomic mass is 10.1. The molecule has 1 atom stereocenters. The molecule has 64 valence electrons. The van der Waals surface area contributed by atoms with Crippen LogP contribution in [0.15, 0.2) is 24.3 Å². The molecule has 1 aromatic rings. The van der Waals surface area contributed by atoms with Crippen LogP contribution >= 0.6 is 0 Å². The van der Waals surface area contributed by atoms with Crippen molar-refractivity contribution >= 4 is 6.29 Å². The minimum absolute atomic E-state index is 0.126. The van der Waals surface area contributed by atoms with E-state index in [-0.39, 0.29) is 5.75 Å². The van der Waals surface area contributed by atoms with E-state index in [1.165, 1.54) is 12.1 Å². The van der Waals surface area contributed by atoms with E-state index in [1.807, 2.05) is 5.48 Å². The van der Waals surface area contributed by atoms with Crippen molar-refractivity contribution in [1.29, 1.82) is 0 Å². The maximum atomic E-state index is 10.3. The third-order valence-corrected chi connectivity index (χ3v) is 1.53. The number of carbonyl (C=O) groups excluding carboxylic acids is 1. The van der Waals surface area contributed by atoms with Crippen molar-refractivity contribution in [3.63, 3.8) is 0 Å². The van der Waals surface area contributed by atoms with Crippen LogP contribution in [-0.4, -0.2) is 16.6 Å². The van der Waals surface area contributed by atoms with Crippen molar-refractivity contribution in [2.24, 2.45) is 0 Å². The number of hydrogen-bond acceptors (Lipinski definition) is 4. The molecule has 1 aromatic carbocycles. The zero-order valence-corrected chi connectivity index (χ0v) is 6.27. The van der Waals surface area contributed by atoms with E-state index in [0.29, 0.717) is 11.8 Å². The van der Waals surface area contributed by atoms with Gasteiger partial charge in [0.15, 0.2) is 0 Å². The molecule has 0 saturated carbocycles. The van der Waals surface area contributed by atoms with Crippen molar-refractivity contribution in [3.8, 4) is 5.75 Å². The second-order valence-corrected chi connectivity index (χ2v) is 2.33. The zero-order chi connectivity index (χ0) is 8.97. The van der Waals surface area contributed by atoms with Gasteiger partial charge in [0.05, 0.1) is 0 Å². The molecule has 0 aromatic heterocycles. The summed E-state index contributed by atoms with van der Waals surface area (Å²) in [7, 11) is 0. The first-order chi connectivity index (χ1) is 5.77. The molecule has 0 aliphatic heterocycles. The van der Waals surface area contributed by atoms with Gasteiger partial charge >= 0.3 is 0 Å². The van der Waals surface area contributed by atoms with E-state index >= 15 is 0 Å². The smallest absolute Gasteiger partial charge is 0.143 e. The Morgan fingerprint density at radius 1 is 1.33 bits per heavy atom. The second-order valence-electron chi connectivity index (χ2n) is 2.33. The first kappa shape index (κ1) is 8.70. The highest BCUT2D eigenvalue weighted by molar-refractivity contribution is 5.61. The first-order valence-electron chi connectivity index (χ1n) is 3.41. The molecule has 0 bridgehead atoms. The van der Waals surface area contributed by atoms with Crippen LogP contribution in [0.25, 0.3) is 0 Å². The second kappa shape index (κ2) is 3.85. The third-order valence-electron chi connectivity index (χ3n) is 1.53. The molecule has 4 nitrogen and oxygen atoms in total. The SMILES string of the molecule is O=CC(NO)c1ccc(O)cc1. The van der Waals surface area contributed by atoms with Gasteiger partial charge in [0.25, 0.3) is 0 Å². The highest BCUT2D eigenvalue weighted by Crippen LogP contribution is 2.14. The number of hydrogen-bond donors (Lipinski definition) is 3. The molecule has 1 unspecified atom stereocenters. The molecule has 0 heterocycles. The van der Waals surface area contributed by atoms with Crippen molar-refractivity contribution in [2.45, 2.75) is 6.04 Å². The van der Waals surface area contributed by atoms with Crippen LogP contribution < -0.4 is 5.48 Å². The van der Waals surface area contributed by atoms with Gasteiger partial charge in [-0.1, -0.05) is 12.1 Å². The minimum atomic E-state index is -0.731. The Hall–Kier alpha value is -1.39. The maximum Gasteiger partial charge on any atom is 0.143 e. The molecule has 0 aliphatic carbocycles. The third kappa shape index (κ3) is 1.81. The topological polar surface area (TPSA) is 69.6 Å². The molecule has 0 aliphatic rings. The van der Waals surface area contributed by atoms with E-state index in [9.17, 15) is 4.79 Å². The summed E-state index contributed by atoms with van der Waals surface area (Å²) < 4.78 is 0. The number of aromatic hydroxyl groups is 1. The number of aldehydes is 1. The van der Waals surface area contributed by atoms with Crippen molar-refractivity contribution < 1.29 is 15.1 Å². The zero-order valence-electron chi connectivity index (χ0n) is 6.27. The van der Waals surface area contributed by atoms with Gasteiger partial charge < -0.3 is 15.1 Å². The number of phenolic OH excluding ortho intramolecular Hbond substituents is 1. The Morgan fingerprint density at radius 2 is 1.92 bits per heavy atom. The van der Waals surface area contributed by atoms with Crippen LogP contribution in [0.1, 0.15) is 11.6 Å². The Labute approximate surface area is 69.4 Å². The molecule has 4 heteroatoms. The lowest BCUT2D eigenvalue weighted by molar-refractivity contribution is -0.111. The molecular weight excluding hydrogens is 158 g/mol. The molecule has 0 fully saturated rings. The summed E-state index contributed by atoms with van der Waals surface area (Å²) in [5.74, 6) is 0.126. The summed E-state index contributed by atoms with van der Waals surface area (Å²) in [6, 6.07) is 5.27. The fraction of sp³-hybridized carbons (Fsp3) is 0.125. The van der Waals surface area contributed by atoms with E-state index < -0.39 is 6.04 Å². The number of benzene rings is 1. The average molecular weight is 167 g/mol. The summed E-state index contributed by atoms with van der Waals surface area (Å²) >= 11 is 0. The average Bonchev–Trinajstić information content (AvgIpc) is 2.10. The van der Waals surface area contributed by atoms with Gasteiger partial charge in [-0.3, -0.25) is 0 Å². The van der Waals surface area contributed by atoms with Gasteiger partial charge in [-0.25, -0.2) is 0 Å². The van der Waals surface area contributed by atoms with Gasteiger partial charge in [0, 0.05) is 0 Å². The Bertz CT molecular complexity index is 258. The predicted octanol–water partition coefficient (Wildman–Crippen LogP) is 0.611. The maximum absolute atomic E-state index is 10.3. The van der Waals surface area contributed by atoms with E-state index in [1.54, 1.807) is 12.1 Å². The minimum Gasteiger partial charge on any atom is -0.508 e. The van der Waals surface area contributed by atoms with Crippen molar-refractivity contribution in [1.82, 2.24) is 5.48 Å². The van der Waals surface area contributed by atoms with Gasteiger partial charge in [-0.15, -0.1) is 0 Å². The van der Waals surface area contributed by atoms with Gasteiger partial charge in [0.2, 0.25) is 0 Å². The highest BCUT2D eigenvalue weighted by atomic mass is 16.5. The number of hydroxylamine groups is 1. The molecular formula is C8H9NO3. The van der Waals surface area contributed by atoms with Crippen molar-refractivity contribution in [2.75, 3.05) is 0 Å². The van der Waals surface area contributed by atoms with Crippen LogP contribution in [-0.2, 0) is 4.79 Å². The van der Waals surface area contributed by atoms with Crippen LogP contribution in [0.5, 0.6) is 5.75 Å². The Kier molecular flexibility index (Phi) is 2.79. The molecule has 3 N–H and O–H groups in total. The fourth-order valence-corrected chi connectivity index (χ4v) is 0.865. The summed E-state index contributed by atoms with van der Waals surface area (Å²) in [6.07, 6.45) is 0.576. The number of rotatable bonds is 3. The predicted molar refractivity (Wildman–Crippen MR) is 41.8 cm³/mol. The van der Waals surface area contributed by atoms with Crippen LogP contribution in [0.2, 0.25) is 0 Å². The standard InChI is InChI=1S/C8H9NO3/c10-5-8(9-12)6-1-3-7(11)4-2-6/h1-5,8-9,11-12H. The van der Waals surface area contributed by atoms with Crippen molar-refractivity contribution in [3.05, 3.63) is 29.8 Å². The number of phenols is 1. The van der Waals surface area contributed by atoms with Gasteiger partial charge in [-0.2, -0.15) is 5.48 Å². The quantitative estimate of drug-likeness (QED) is 0.455. The molecule has 0 radical (unpaired) electrons. The first-order valence-corrected chi connectivity index (χ1v) is 3.41. The lowest BCUT2D eigenvalue weighted by Gasteiger charge is -2.06. The van der Waals surface area contributed by atoms with Gasteiger partial charge in [-0.05, 0) is 17.7 Å². The number of nitrogens with one attached hydrogen (secondary N) is 1. The van der Waals surface area contributed by atoms with E-state index in [4.69, 9.17) is 10.3 Å².